The third-order valence-electron chi connectivity index (χ3n) is 2.83. The first kappa shape index (κ1) is 14.8. The smallest absolute Gasteiger partial charge is 0.315 e. The molecule has 21 heavy (non-hydrogen) atoms. The lowest BCUT2D eigenvalue weighted by molar-refractivity contribution is 0.241. The highest BCUT2D eigenvalue weighted by Gasteiger charge is 2.00. The lowest BCUT2D eigenvalue weighted by Crippen LogP contribution is -2.37. The average molecular weight is 285 g/mol. The van der Waals surface area contributed by atoms with Gasteiger partial charge < -0.3 is 16.0 Å². The molecule has 2 aromatic rings. The molecule has 6 nitrogen and oxygen atoms in total. The van der Waals surface area contributed by atoms with Gasteiger partial charge in [0.25, 0.3) is 0 Å². The van der Waals surface area contributed by atoms with Crippen LogP contribution in [0.25, 0.3) is 0 Å². The van der Waals surface area contributed by atoms with Crippen LogP contribution in [0, 0.1) is 6.92 Å². The van der Waals surface area contributed by atoms with E-state index in [-0.39, 0.29) is 6.03 Å². The van der Waals surface area contributed by atoms with Crippen LogP contribution in [0.1, 0.15) is 11.1 Å². The first-order valence-electron chi connectivity index (χ1n) is 6.82. The zero-order chi connectivity index (χ0) is 14.9. The monoisotopic (exact) mass is 285 g/mol. The number of aromatic nitrogens is 2. The van der Waals surface area contributed by atoms with Gasteiger partial charge in [-0.25, -0.2) is 14.8 Å². The number of aryl methyl sites for hydroxylation is 1. The summed E-state index contributed by atoms with van der Waals surface area (Å²) < 4.78 is 0. The van der Waals surface area contributed by atoms with Crippen LogP contribution < -0.4 is 16.0 Å². The van der Waals surface area contributed by atoms with Crippen molar-refractivity contribution in [1.82, 2.24) is 20.6 Å². The van der Waals surface area contributed by atoms with Crippen molar-refractivity contribution < 1.29 is 4.79 Å². The normalized spacial score (nSPS) is 9.95. The maximum atomic E-state index is 11.6. The van der Waals surface area contributed by atoms with Crippen molar-refractivity contribution in [2.24, 2.45) is 0 Å². The van der Waals surface area contributed by atoms with E-state index in [1.165, 1.54) is 5.56 Å². The van der Waals surface area contributed by atoms with Crippen molar-refractivity contribution in [3.8, 4) is 0 Å². The Morgan fingerprint density at radius 2 is 1.76 bits per heavy atom. The second-order valence-electron chi connectivity index (χ2n) is 4.59. The minimum absolute atomic E-state index is 0.189. The maximum absolute atomic E-state index is 11.6. The molecule has 2 amide bonds. The zero-order valence-corrected chi connectivity index (χ0v) is 12.0. The lowest BCUT2D eigenvalue weighted by atomic mass is 10.1. The molecule has 0 spiro atoms. The molecule has 0 fully saturated rings. The highest BCUT2D eigenvalue weighted by atomic mass is 16.2. The molecular formula is C15H19N5O. The summed E-state index contributed by atoms with van der Waals surface area (Å²) in [5.41, 5.74) is 2.28. The van der Waals surface area contributed by atoms with Gasteiger partial charge in [-0.1, -0.05) is 29.8 Å². The number of anilines is 1. The van der Waals surface area contributed by atoms with Gasteiger partial charge in [-0.2, -0.15) is 0 Å². The Kier molecular flexibility index (Phi) is 5.51. The molecule has 0 aliphatic heterocycles. The fourth-order valence-corrected chi connectivity index (χ4v) is 1.69. The molecular weight excluding hydrogens is 266 g/mol. The average Bonchev–Trinajstić information content (AvgIpc) is 2.52. The largest absolute Gasteiger partial charge is 0.352 e. The fourth-order valence-electron chi connectivity index (χ4n) is 1.69. The predicted molar refractivity (Wildman–Crippen MR) is 81.9 cm³/mol. The second-order valence-corrected chi connectivity index (χ2v) is 4.59. The van der Waals surface area contributed by atoms with Crippen LogP contribution >= 0.6 is 0 Å². The molecule has 1 aromatic carbocycles. The van der Waals surface area contributed by atoms with Crippen LogP contribution in [0.4, 0.5) is 10.7 Å². The van der Waals surface area contributed by atoms with Crippen LogP contribution in [0.3, 0.4) is 0 Å². The Balaban J connectivity index is 1.60. The summed E-state index contributed by atoms with van der Waals surface area (Å²) in [6, 6.07) is 9.62. The molecule has 0 aliphatic carbocycles. The summed E-state index contributed by atoms with van der Waals surface area (Å²) in [6.45, 7) is 3.62. The number of carbonyl (C=O) groups is 1. The molecule has 0 bridgehead atoms. The number of benzene rings is 1. The quantitative estimate of drug-likeness (QED) is 0.706. The van der Waals surface area contributed by atoms with E-state index in [0.29, 0.717) is 25.6 Å². The number of hydrogen-bond donors (Lipinski definition) is 3. The number of nitrogens with zero attached hydrogens (tertiary/aromatic N) is 2. The predicted octanol–water partition coefficient (Wildman–Crippen LogP) is 1.70. The van der Waals surface area contributed by atoms with E-state index in [2.05, 4.69) is 25.9 Å². The van der Waals surface area contributed by atoms with Gasteiger partial charge in [-0.15, -0.1) is 0 Å². The Labute approximate surface area is 124 Å². The number of urea groups is 1. The van der Waals surface area contributed by atoms with Gasteiger partial charge in [-0.3, -0.25) is 0 Å². The van der Waals surface area contributed by atoms with Gasteiger partial charge in [0, 0.05) is 32.0 Å². The molecule has 0 saturated heterocycles. The number of carbonyl (C=O) groups excluding carboxylic acids is 1. The molecule has 0 unspecified atom stereocenters. The van der Waals surface area contributed by atoms with Gasteiger partial charge in [0.05, 0.1) is 0 Å². The van der Waals surface area contributed by atoms with Crippen molar-refractivity contribution in [3.05, 3.63) is 53.9 Å². The summed E-state index contributed by atoms with van der Waals surface area (Å²) in [7, 11) is 0. The van der Waals surface area contributed by atoms with E-state index < -0.39 is 0 Å². The van der Waals surface area contributed by atoms with E-state index in [0.717, 1.165) is 5.56 Å². The number of hydrogen-bond acceptors (Lipinski definition) is 4. The number of rotatable bonds is 6. The second kappa shape index (κ2) is 7.84. The van der Waals surface area contributed by atoms with Crippen molar-refractivity contribution in [2.75, 3.05) is 18.4 Å². The zero-order valence-electron chi connectivity index (χ0n) is 12.0. The highest BCUT2D eigenvalue weighted by molar-refractivity contribution is 5.73. The summed E-state index contributed by atoms with van der Waals surface area (Å²) >= 11 is 0. The van der Waals surface area contributed by atoms with E-state index in [1.54, 1.807) is 18.5 Å². The number of amides is 2. The summed E-state index contributed by atoms with van der Waals surface area (Å²) in [5, 5.41) is 8.59. The molecule has 3 N–H and O–H groups in total. The van der Waals surface area contributed by atoms with E-state index >= 15 is 0 Å². The minimum atomic E-state index is -0.189. The third-order valence-corrected chi connectivity index (χ3v) is 2.83. The van der Waals surface area contributed by atoms with E-state index in [1.807, 2.05) is 31.2 Å². The first-order chi connectivity index (χ1) is 10.2. The topological polar surface area (TPSA) is 78.9 Å². The van der Waals surface area contributed by atoms with E-state index in [4.69, 9.17) is 0 Å². The molecule has 110 valence electrons. The Bertz CT molecular complexity index is 556. The van der Waals surface area contributed by atoms with Crippen molar-refractivity contribution >= 4 is 12.0 Å². The van der Waals surface area contributed by atoms with Gasteiger partial charge in [0.1, 0.15) is 0 Å². The van der Waals surface area contributed by atoms with Crippen LogP contribution in [0.15, 0.2) is 42.7 Å². The highest BCUT2D eigenvalue weighted by Crippen LogP contribution is 2.02. The Hall–Kier alpha value is -2.63. The maximum Gasteiger partial charge on any atom is 0.315 e. The Morgan fingerprint density at radius 3 is 2.48 bits per heavy atom. The standard InChI is InChI=1S/C15H19N5O/c1-12-3-5-13(6-4-12)11-20-15(21)19-10-9-18-14-16-7-2-8-17-14/h2-8H,9-11H2,1H3,(H,16,17,18)(H2,19,20,21). The molecule has 0 radical (unpaired) electrons. The van der Waals surface area contributed by atoms with Crippen molar-refractivity contribution in [1.29, 1.82) is 0 Å². The van der Waals surface area contributed by atoms with Gasteiger partial charge in [0.2, 0.25) is 5.95 Å². The van der Waals surface area contributed by atoms with Gasteiger partial charge in [0.15, 0.2) is 0 Å². The first-order valence-corrected chi connectivity index (χ1v) is 6.82. The van der Waals surface area contributed by atoms with E-state index in [9.17, 15) is 4.79 Å². The van der Waals surface area contributed by atoms with Crippen LogP contribution in [0.2, 0.25) is 0 Å². The molecule has 0 saturated carbocycles. The molecule has 6 heteroatoms. The molecule has 0 atom stereocenters. The molecule has 0 aliphatic rings. The van der Waals surface area contributed by atoms with Crippen LogP contribution in [-0.2, 0) is 6.54 Å². The van der Waals surface area contributed by atoms with Gasteiger partial charge >= 0.3 is 6.03 Å². The Morgan fingerprint density at radius 1 is 1.05 bits per heavy atom. The lowest BCUT2D eigenvalue weighted by Gasteiger charge is -2.08. The molecule has 2 rings (SSSR count). The van der Waals surface area contributed by atoms with Gasteiger partial charge in [-0.05, 0) is 18.6 Å². The fraction of sp³-hybridized carbons (Fsp3) is 0.267. The minimum Gasteiger partial charge on any atom is -0.352 e. The van der Waals surface area contributed by atoms with Crippen LogP contribution in [0.5, 0.6) is 0 Å². The number of nitrogens with one attached hydrogen (secondary N) is 3. The van der Waals surface area contributed by atoms with Crippen molar-refractivity contribution in [3.63, 3.8) is 0 Å². The summed E-state index contributed by atoms with van der Waals surface area (Å²) in [6.07, 6.45) is 3.33. The summed E-state index contributed by atoms with van der Waals surface area (Å²) in [4.78, 5) is 19.7. The summed E-state index contributed by atoms with van der Waals surface area (Å²) in [5.74, 6) is 0.555. The SMILES string of the molecule is Cc1ccc(CNC(=O)NCCNc2ncccn2)cc1. The van der Waals surface area contributed by atoms with Crippen LogP contribution in [-0.4, -0.2) is 29.1 Å². The molecule has 1 aromatic heterocycles. The molecule has 1 heterocycles. The third kappa shape index (κ3) is 5.48. The van der Waals surface area contributed by atoms with Crippen molar-refractivity contribution in [2.45, 2.75) is 13.5 Å².